The summed E-state index contributed by atoms with van der Waals surface area (Å²) in [7, 11) is 1.49. The van der Waals surface area contributed by atoms with Crippen LogP contribution >= 0.6 is 11.6 Å². The average Bonchev–Trinajstić information content (AvgIpc) is 2.84. The van der Waals surface area contributed by atoms with Crippen LogP contribution in [0.2, 0.25) is 5.02 Å². The number of carbonyl (C=O) groups is 1. The number of hydrogen-bond acceptors (Lipinski definition) is 6. The molecule has 3 aromatic rings. The van der Waals surface area contributed by atoms with E-state index in [0.717, 1.165) is 59.8 Å². The SMILES string of the molecule is CCCC(=O)c1cnc2ccc(-c3cc(Cl)c(O)c(OC)c3)cc2c1N(N)C1CCCCC1. The van der Waals surface area contributed by atoms with E-state index in [1.807, 2.05) is 25.1 Å². The van der Waals surface area contributed by atoms with E-state index in [4.69, 9.17) is 22.2 Å². The van der Waals surface area contributed by atoms with Gasteiger partial charge in [0.15, 0.2) is 17.3 Å². The van der Waals surface area contributed by atoms with Gasteiger partial charge in [-0.2, -0.15) is 0 Å². The van der Waals surface area contributed by atoms with Crippen LogP contribution in [0.25, 0.3) is 22.0 Å². The summed E-state index contributed by atoms with van der Waals surface area (Å²) in [5, 5.41) is 13.0. The highest BCUT2D eigenvalue weighted by Gasteiger charge is 2.25. The Labute approximate surface area is 199 Å². The number of aromatic nitrogens is 1. The van der Waals surface area contributed by atoms with Crippen LogP contribution in [0.3, 0.4) is 0 Å². The predicted octanol–water partition coefficient (Wildman–Crippen LogP) is 6.27. The number of ketones is 1. The van der Waals surface area contributed by atoms with E-state index < -0.39 is 0 Å². The molecule has 0 saturated heterocycles. The highest BCUT2D eigenvalue weighted by atomic mass is 35.5. The van der Waals surface area contributed by atoms with E-state index in [-0.39, 0.29) is 22.6 Å². The molecule has 3 N–H and O–H groups in total. The van der Waals surface area contributed by atoms with Crippen LogP contribution in [-0.4, -0.2) is 29.0 Å². The number of nitrogens with two attached hydrogens (primary N) is 1. The van der Waals surface area contributed by atoms with E-state index in [1.54, 1.807) is 23.3 Å². The maximum Gasteiger partial charge on any atom is 0.176 e. The third-order valence-corrected chi connectivity index (χ3v) is 6.71. The maximum atomic E-state index is 13.0. The largest absolute Gasteiger partial charge is 0.503 e. The minimum Gasteiger partial charge on any atom is -0.503 e. The molecule has 0 spiro atoms. The Morgan fingerprint density at radius 1 is 1.21 bits per heavy atom. The number of hydrazine groups is 1. The second kappa shape index (κ2) is 9.98. The number of phenols is 1. The van der Waals surface area contributed by atoms with Crippen LogP contribution < -0.4 is 15.6 Å². The van der Waals surface area contributed by atoms with Crippen LogP contribution in [0.4, 0.5) is 5.69 Å². The fraction of sp³-hybridized carbons (Fsp3) is 0.385. The molecular formula is C26H30ClN3O3. The van der Waals surface area contributed by atoms with Gasteiger partial charge in [-0.15, -0.1) is 0 Å². The van der Waals surface area contributed by atoms with Gasteiger partial charge in [-0.3, -0.25) is 9.78 Å². The van der Waals surface area contributed by atoms with Crippen molar-refractivity contribution in [2.75, 3.05) is 12.1 Å². The number of anilines is 1. The number of rotatable bonds is 7. The lowest BCUT2D eigenvalue weighted by Gasteiger charge is -2.34. The molecule has 0 atom stereocenters. The quantitative estimate of drug-likeness (QED) is 0.242. The average molecular weight is 468 g/mol. The Morgan fingerprint density at radius 3 is 2.67 bits per heavy atom. The maximum absolute atomic E-state index is 13.0. The third-order valence-electron chi connectivity index (χ3n) is 6.42. The van der Waals surface area contributed by atoms with E-state index >= 15 is 0 Å². The fourth-order valence-corrected chi connectivity index (χ4v) is 4.85. The van der Waals surface area contributed by atoms with Gasteiger partial charge in [-0.05, 0) is 54.7 Å². The molecule has 1 heterocycles. The first-order chi connectivity index (χ1) is 15.9. The molecule has 0 aliphatic heterocycles. The van der Waals surface area contributed by atoms with Crippen molar-refractivity contribution in [3.05, 3.63) is 47.1 Å². The Morgan fingerprint density at radius 2 is 1.97 bits per heavy atom. The van der Waals surface area contributed by atoms with Crippen molar-refractivity contribution in [2.45, 2.75) is 57.9 Å². The zero-order chi connectivity index (χ0) is 23.5. The number of phenolic OH excluding ortho intramolecular Hbond substituents is 1. The Balaban J connectivity index is 1.90. The second-order valence-corrected chi connectivity index (χ2v) is 9.04. The number of fused-ring (bicyclic) bond motifs is 1. The lowest BCUT2D eigenvalue weighted by Crippen LogP contribution is -2.43. The first kappa shape index (κ1) is 23.3. The Hall–Kier alpha value is -2.83. The molecule has 7 heteroatoms. The monoisotopic (exact) mass is 467 g/mol. The topological polar surface area (TPSA) is 88.7 Å². The van der Waals surface area contributed by atoms with Crippen molar-refractivity contribution in [3.63, 3.8) is 0 Å². The molecule has 0 unspecified atom stereocenters. The highest BCUT2D eigenvalue weighted by molar-refractivity contribution is 6.32. The fourth-order valence-electron chi connectivity index (χ4n) is 4.64. The van der Waals surface area contributed by atoms with Crippen LogP contribution in [0.5, 0.6) is 11.5 Å². The summed E-state index contributed by atoms with van der Waals surface area (Å²) in [5.74, 6) is 6.98. The molecule has 33 heavy (non-hydrogen) atoms. The number of methoxy groups -OCH3 is 1. The van der Waals surface area contributed by atoms with Gasteiger partial charge in [0.1, 0.15) is 0 Å². The zero-order valence-corrected chi connectivity index (χ0v) is 19.9. The first-order valence-corrected chi connectivity index (χ1v) is 11.9. The summed E-state index contributed by atoms with van der Waals surface area (Å²) in [4.78, 5) is 17.6. The van der Waals surface area contributed by atoms with Crippen LogP contribution in [0, 0.1) is 0 Å². The number of benzene rings is 2. The van der Waals surface area contributed by atoms with Gasteiger partial charge < -0.3 is 14.9 Å². The number of aromatic hydroxyl groups is 1. The third kappa shape index (κ3) is 4.63. The van der Waals surface area contributed by atoms with Crippen molar-refractivity contribution >= 4 is 34.0 Å². The van der Waals surface area contributed by atoms with Gasteiger partial charge in [0.05, 0.1) is 28.9 Å². The highest BCUT2D eigenvalue weighted by Crippen LogP contribution is 2.40. The Bertz CT molecular complexity index is 1180. The summed E-state index contributed by atoms with van der Waals surface area (Å²) in [6, 6.07) is 9.47. The number of halogens is 1. The van der Waals surface area contributed by atoms with Crippen molar-refractivity contribution in [1.29, 1.82) is 0 Å². The van der Waals surface area contributed by atoms with Gasteiger partial charge in [-0.1, -0.05) is 43.9 Å². The van der Waals surface area contributed by atoms with Gasteiger partial charge >= 0.3 is 0 Å². The molecule has 1 aliphatic rings. The smallest absolute Gasteiger partial charge is 0.176 e. The van der Waals surface area contributed by atoms with Crippen LogP contribution in [0.1, 0.15) is 62.2 Å². The van der Waals surface area contributed by atoms with Crippen LogP contribution in [-0.2, 0) is 0 Å². The molecule has 1 saturated carbocycles. The zero-order valence-electron chi connectivity index (χ0n) is 19.1. The minimum absolute atomic E-state index is 0.0490. The molecule has 4 rings (SSSR count). The molecule has 6 nitrogen and oxygen atoms in total. The predicted molar refractivity (Wildman–Crippen MR) is 133 cm³/mol. The van der Waals surface area contributed by atoms with E-state index in [1.165, 1.54) is 13.5 Å². The van der Waals surface area contributed by atoms with E-state index in [2.05, 4.69) is 4.98 Å². The molecule has 2 aromatic carbocycles. The molecule has 1 aliphatic carbocycles. The molecule has 1 fully saturated rings. The van der Waals surface area contributed by atoms with Gasteiger partial charge in [-0.25, -0.2) is 5.84 Å². The van der Waals surface area contributed by atoms with Crippen molar-refractivity contribution < 1.29 is 14.6 Å². The number of nitrogens with zero attached hydrogens (tertiary/aromatic N) is 2. The van der Waals surface area contributed by atoms with Crippen molar-refractivity contribution in [3.8, 4) is 22.6 Å². The van der Waals surface area contributed by atoms with Gasteiger partial charge in [0, 0.05) is 24.0 Å². The summed E-state index contributed by atoms with van der Waals surface area (Å²) in [5.41, 5.74) is 3.72. The lowest BCUT2D eigenvalue weighted by atomic mass is 9.93. The first-order valence-electron chi connectivity index (χ1n) is 11.5. The molecule has 0 amide bonds. The molecule has 0 radical (unpaired) electrons. The van der Waals surface area contributed by atoms with Crippen LogP contribution in [0.15, 0.2) is 36.5 Å². The summed E-state index contributed by atoms with van der Waals surface area (Å²) in [6.45, 7) is 1.99. The number of ether oxygens (including phenoxy) is 1. The summed E-state index contributed by atoms with van der Waals surface area (Å²) in [6.07, 6.45) is 8.38. The van der Waals surface area contributed by atoms with Gasteiger partial charge in [0.25, 0.3) is 0 Å². The second-order valence-electron chi connectivity index (χ2n) is 8.63. The van der Waals surface area contributed by atoms with E-state index in [9.17, 15) is 9.90 Å². The minimum atomic E-state index is -0.0936. The number of Topliss-reactive ketones (excluding diaryl/α,β-unsaturated/α-hetero) is 1. The van der Waals surface area contributed by atoms with Gasteiger partial charge in [0.2, 0.25) is 0 Å². The van der Waals surface area contributed by atoms with E-state index in [0.29, 0.717) is 17.7 Å². The number of hydrogen-bond donors (Lipinski definition) is 2. The number of carbonyl (C=O) groups excluding carboxylic acids is 1. The molecule has 174 valence electrons. The number of pyridine rings is 1. The standard InChI is InChI=1S/C26H30ClN3O3/c1-3-7-23(31)20-15-29-22-11-10-16(17-13-21(27)26(32)24(14-17)33-2)12-19(22)25(20)30(28)18-8-5-4-6-9-18/h10-15,18,32H,3-9,28H2,1-2H3. The lowest BCUT2D eigenvalue weighted by molar-refractivity contribution is 0.0982. The van der Waals surface area contributed by atoms with Crippen molar-refractivity contribution in [1.82, 2.24) is 4.98 Å². The summed E-state index contributed by atoms with van der Waals surface area (Å²) < 4.78 is 5.27. The normalized spacial score (nSPS) is 14.4. The molecular weight excluding hydrogens is 438 g/mol. The molecule has 0 bridgehead atoms. The molecule has 1 aromatic heterocycles. The van der Waals surface area contributed by atoms with Crippen molar-refractivity contribution in [2.24, 2.45) is 5.84 Å². The summed E-state index contributed by atoms with van der Waals surface area (Å²) >= 11 is 6.24. The Kier molecular flexibility index (Phi) is 7.05.